The largest absolute Gasteiger partial charge is 0.493 e. The van der Waals surface area contributed by atoms with Crippen LogP contribution in [0, 0.1) is 0 Å². The van der Waals surface area contributed by atoms with Crippen molar-refractivity contribution in [2.24, 2.45) is 0 Å². The van der Waals surface area contributed by atoms with Crippen molar-refractivity contribution >= 4 is 16.7 Å². The minimum absolute atomic E-state index is 0.424. The Hall–Kier alpha value is -3.75. The molecule has 144 valence electrons. The molecule has 0 bridgehead atoms. The van der Waals surface area contributed by atoms with E-state index in [1.165, 1.54) is 0 Å². The highest BCUT2D eigenvalue weighted by atomic mass is 16.5. The zero-order valence-corrected chi connectivity index (χ0v) is 15.6. The summed E-state index contributed by atoms with van der Waals surface area (Å²) in [6.45, 7) is 0.590. The van der Waals surface area contributed by atoms with Crippen molar-refractivity contribution in [3.8, 4) is 28.8 Å². The van der Waals surface area contributed by atoms with Crippen LogP contribution in [0.15, 0.2) is 40.8 Å². The summed E-state index contributed by atoms with van der Waals surface area (Å²) in [4.78, 5) is 0. The molecule has 0 amide bonds. The number of hydrogen-bond donors (Lipinski definition) is 2. The van der Waals surface area contributed by atoms with Crippen LogP contribution in [-0.2, 0) is 6.54 Å². The number of methoxy groups -OCH3 is 3. The topological polar surface area (TPSA) is 107 Å². The average Bonchev–Trinajstić information content (AvgIpc) is 3.40. The van der Waals surface area contributed by atoms with E-state index in [9.17, 15) is 0 Å². The Balaban J connectivity index is 1.55. The number of hydrogen-bond acceptors (Lipinski definition) is 8. The van der Waals surface area contributed by atoms with E-state index in [1.54, 1.807) is 21.3 Å². The lowest BCUT2D eigenvalue weighted by molar-refractivity contribution is 0.324. The smallest absolute Gasteiger partial charge is 0.239 e. The number of fused-ring (bicyclic) bond motifs is 1. The number of ether oxygens (including phenoxy) is 3. The molecule has 0 atom stereocenters. The summed E-state index contributed by atoms with van der Waals surface area (Å²) < 4.78 is 22.0. The summed E-state index contributed by atoms with van der Waals surface area (Å²) >= 11 is 0. The molecule has 0 aliphatic rings. The molecular formula is C19H19N5O4. The molecule has 2 N–H and O–H groups in total. The molecule has 9 heteroatoms. The predicted molar refractivity (Wildman–Crippen MR) is 103 cm³/mol. The van der Waals surface area contributed by atoms with Crippen molar-refractivity contribution < 1.29 is 18.6 Å². The summed E-state index contributed by atoms with van der Waals surface area (Å²) in [6, 6.07) is 11.6. The SMILES string of the molecule is COc1cc(NCc2ccc3cc(-c4nn[nH]n4)oc3c2)cc(OC)c1OC. The third-order valence-electron chi connectivity index (χ3n) is 4.31. The fraction of sp³-hybridized carbons (Fsp3) is 0.211. The summed E-state index contributed by atoms with van der Waals surface area (Å²) in [5.74, 6) is 2.74. The van der Waals surface area contributed by atoms with Gasteiger partial charge in [-0.1, -0.05) is 12.1 Å². The maximum Gasteiger partial charge on any atom is 0.239 e. The second-order valence-corrected chi connectivity index (χ2v) is 5.99. The van der Waals surface area contributed by atoms with Gasteiger partial charge in [0.1, 0.15) is 5.58 Å². The van der Waals surface area contributed by atoms with E-state index in [0.29, 0.717) is 35.4 Å². The van der Waals surface area contributed by atoms with E-state index in [4.69, 9.17) is 18.6 Å². The molecule has 0 fully saturated rings. The second kappa shape index (κ2) is 7.47. The Morgan fingerprint density at radius 1 is 1.00 bits per heavy atom. The van der Waals surface area contributed by atoms with Crippen LogP contribution in [-0.4, -0.2) is 42.0 Å². The Bertz CT molecular complexity index is 1070. The summed E-state index contributed by atoms with van der Waals surface area (Å²) in [6.07, 6.45) is 0. The van der Waals surface area contributed by atoms with Crippen molar-refractivity contribution in [3.63, 3.8) is 0 Å². The van der Waals surface area contributed by atoms with Gasteiger partial charge in [-0.2, -0.15) is 5.21 Å². The van der Waals surface area contributed by atoms with E-state index in [1.807, 2.05) is 36.4 Å². The molecule has 0 saturated heterocycles. The lowest BCUT2D eigenvalue weighted by atomic mass is 10.1. The molecule has 0 radical (unpaired) electrons. The highest BCUT2D eigenvalue weighted by Crippen LogP contribution is 2.40. The van der Waals surface area contributed by atoms with Gasteiger partial charge in [0.15, 0.2) is 17.3 Å². The molecule has 4 aromatic rings. The second-order valence-electron chi connectivity index (χ2n) is 5.99. The van der Waals surface area contributed by atoms with Crippen LogP contribution in [0.25, 0.3) is 22.6 Å². The van der Waals surface area contributed by atoms with Gasteiger partial charge in [-0.3, -0.25) is 0 Å². The molecule has 2 aromatic carbocycles. The third-order valence-corrected chi connectivity index (χ3v) is 4.31. The zero-order chi connectivity index (χ0) is 19.5. The van der Waals surface area contributed by atoms with Gasteiger partial charge in [0, 0.05) is 29.8 Å². The van der Waals surface area contributed by atoms with Gasteiger partial charge in [0.25, 0.3) is 0 Å². The molecule has 2 aromatic heterocycles. The molecule has 28 heavy (non-hydrogen) atoms. The molecule has 2 heterocycles. The van der Waals surface area contributed by atoms with Gasteiger partial charge >= 0.3 is 0 Å². The van der Waals surface area contributed by atoms with E-state index in [-0.39, 0.29) is 0 Å². The average molecular weight is 381 g/mol. The Morgan fingerprint density at radius 2 is 1.79 bits per heavy atom. The lowest BCUT2D eigenvalue weighted by Gasteiger charge is -2.15. The number of nitrogens with zero attached hydrogens (tertiary/aromatic N) is 3. The number of furan rings is 1. The van der Waals surface area contributed by atoms with Crippen molar-refractivity contribution in [2.75, 3.05) is 26.6 Å². The van der Waals surface area contributed by atoms with Crippen LogP contribution in [0.2, 0.25) is 0 Å². The molecule has 0 unspecified atom stereocenters. The first-order valence-electron chi connectivity index (χ1n) is 8.52. The molecule has 0 aliphatic carbocycles. The third kappa shape index (κ3) is 3.29. The summed E-state index contributed by atoms with van der Waals surface area (Å²) in [5.41, 5.74) is 2.65. The Labute approximate surface area is 160 Å². The maximum absolute atomic E-state index is 5.84. The number of tetrazole rings is 1. The number of anilines is 1. The van der Waals surface area contributed by atoms with E-state index < -0.39 is 0 Å². The number of rotatable bonds is 7. The van der Waals surface area contributed by atoms with Crippen molar-refractivity contribution in [3.05, 3.63) is 42.0 Å². The van der Waals surface area contributed by atoms with Crippen LogP contribution in [0.5, 0.6) is 17.2 Å². The highest BCUT2D eigenvalue weighted by Gasteiger charge is 2.14. The summed E-state index contributed by atoms with van der Waals surface area (Å²) in [5, 5.41) is 18.2. The minimum Gasteiger partial charge on any atom is -0.493 e. The first kappa shape index (κ1) is 17.7. The molecule has 0 spiro atoms. The summed E-state index contributed by atoms with van der Waals surface area (Å²) in [7, 11) is 4.76. The molecular weight excluding hydrogens is 362 g/mol. The van der Waals surface area contributed by atoms with E-state index in [0.717, 1.165) is 22.2 Å². The molecule has 9 nitrogen and oxygen atoms in total. The number of aromatic nitrogens is 4. The fourth-order valence-corrected chi connectivity index (χ4v) is 2.95. The van der Waals surface area contributed by atoms with Gasteiger partial charge in [-0.05, 0) is 22.9 Å². The van der Waals surface area contributed by atoms with Crippen LogP contribution < -0.4 is 19.5 Å². The normalized spacial score (nSPS) is 10.8. The van der Waals surface area contributed by atoms with Crippen LogP contribution >= 0.6 is 0 Å². The quantitative estimate of drug-likeness (QED) is 0.502. The van der Waals surface area contributed by atoms with E-state index >= 15 is 0 Å². The van der Waals surface area contributed by atoms with Crippen LogP contribution in [0.1, 0.15) is 5.56 Å². The maximum atomic E-state index is 5.84. The molecule has 0 saturated carbocycles. The lowest BCUT2D eigenvalue weighted by Crippen LogP contribution is -2.01. The standard InChI is InChI=1S/C19H19N5O4/c1-25-15-8-13(9-16(26-2)18(15)27-3)20-10-11-4-5-12-7-17(28-14(12)6-11)19-21-23-24-22-19/h4-9,20H,10H2,1-3H3,(H,21,22,23,24). The Kier molecular flexibility index (Phi) is 4.71. The predicted octanol–water partition coefficient (Wildman–Crippen LogP) is 3.25. The number of aromatic amines is 1. The van der Waals surface area contributed by atoms with Crippen molar-refractivity contribution in [2.45, 2.75) is 6.54 Å². The molecule has 4 rings (SSSR count). The monoisotopic (exact) mass is 381 g/mol. The van der Waals surface area contributed by atoms with Gasteiger partial charge < -0.3 is 23.9 Å². The fourth-order valence-electron chi connectivity index (χ4n) is 2.95. The first-order valence-corrected chi connectivity index (χ1v) is 8.52. The number of nitrogens with one attached hydrogen (secondary N) is 2. The zero-order valence-electron chi connectivity index (χ0n) is 15.6. The molecule has 0 aliphatic heterocycles. The van der Waals surface area contributed by atoms with Crippen LogP contribution in [0.4, 0.5) is 5.69 Å². The highest BCUT2D eigenvalue weighted by molar-refractivity contribution is 5.82. The number of benzene rings is 2. The Morgan fingerprint density at radius 3 is 2.43 bits per heavy atom. The van der Waals surface area contributed by atoms with E-state index in [2.05, 4.69) is 25.9 Å². The first-order chi connectivity index (χ1) is 13.7. The van der Waals surface area contributed by atoms with Gasteiger partial charge in [0.2, 0.25) is 11.6 Å². The van der Waals surface area contributed by atoms with Crippen LogP contribution in [0.3, 0.4) is 0 Å². The minimum atomic E-state index is 0.424. The van der Waals surface area contributed by atoms with Gasteiger partial charge in [-0.25, -0.2) is 0 Å². The van der Waals surface area contributed by atoms with Crippen molar-refractivity contribution in [1.29, 1.82) is 0 Å². The number of H-pyrrole nitrogens is 1. The van der Waals surface area contributed by atoms with Gasteiger partial charge in [-0.15, -0.1) is 10.2 Å². The van der Waals surface area contributed by atoms with Crippen molar-refractivity contribution in [1.82, 2.24) is 20.6 Å². The van der Waals surface area contributed by atoms with Gasteiger partial charge in [0.05, 0.1) is 21.3 Å².